The Bertz CT molecular complexity index is 635. The summed E-state index contributed by atoms with van der Waals surface area (Å²) >= 11 is 3.46. The third kappa shape index (κ3) is 4.55. The van der Waals surface area contributed by atoms with Gasteiger partial charge in [0.25, 0.3) is 0 Å². The van der Waals surface area contributed by atoms with E-state index in [0.29, 0.717) is 6.54 Å². The van der Waals surface area contributed by atoms with Gasteiger partial charge in [0.2, 0.25) is 0 Å². The van der Waals surface area contributed by atoms with Gasteiger partial charge in [-0.25, -0.2) is 4.98 Å². The normalized spacial score (nSPS) is 12.5. The molecule has 0 unspecified atom stereocenters. The van der Waals surface area contributed by atoms with E-state index in [0.717, 1.165) is 23.2 Å². The molecule has 0 fully saturated rings. The first-order valence-electron chi connectivity index (χ1n) is 7.32. The first-order valence-corrected chi connectivity index (χ1v) is 9.08. The van der Waals surface area contributed by atoms with E-state index >= 15 is 0 Å². The van der Waals surface area contributed by atoms with E-state index in [2.05, 4.69) is 65.1 Å². The molecule has 0 saturated heterocycles. The number of thiophene rings is 1. The lowest BCUT2D eigenvalue weighted by Crippen LogP contribution is -2.36. The number of rotatable bonds is 4. The fourth-order valence-electron chi connectivity index (χ4n) is 1.87. The number of aryl methyl sites for hydroxylation is 1. The smallest absolute Gasteiger partial charge is 0.191 e. The lowest BCUT2D eigenvalue weighted by Gasteiger charge is -2.14. The van der Waals surface area contributed by atoms with Crippen molar-refractivity contribution in [3.8, 4) is 0 Å². The lowest BCUT2D eigenvalue weighted by atomic mass is 9.93. The molecule has 0 bridgehead atoms. The maximum absolute atomic E-state index is 4.69. The highest BCUT2D eigenvalue weighted by molar-refractivity contribution is 7.10. The van der Waals surface area contributed by atoms with Crippen LogP contribution in [0.1, 0.15) is 41.9 Å². The quantitative estimate of drug-likeness (QED) is 0.661. The zero-order valence-electron chi connectivity index (χ0n) is 13.9. The first-order chi connectivity index (χ1) is 10.4. The van der Waals surface area contributed by atoms with Gasteiger partial charge in [-0.3, -0.25) is 4.99 Å². The summed E-state index contributed by atoms with van der Waals surface area (Å²) in [7, 11) is 1.79. The molecule has 22 heavy (non-hydrogen) atoms. The highest BCUT2D eigenvalue weighted by Crippen LogP contribution is 2.23. The molecule has 0 aliphatic carbocycles. The molecule has 4 nitrogen and oxygen atoms in total. The number of nitrogens with zero attached hydrogens (tertiary/aromatic N) is 2. The van der Waals surface area contributed by atoms with Gasteiger partial charge < -0.3 is 10.6 Å². The van der Waals surface area contributed by atoms with Crippen LogP contribution in [0.2, 0.25) is 0 Å². The number of hydrogen-bond donors (Lipinski definition) is 2. The maximum Gasteiger partial charge on any atom is 0.191 e. The van der Waals surface area contributed by atoms with Crippen LogP contribution < -0.4 is 10.6 Å². The summed E-state index contributed by atoms with van der Waals surface area (Å²) in [6.45, 7) is 10.2. The van der Waals surface area contributed by atoms with Crippen LogP contribution in [0.15, 0.2) is 21.8 Å². The van der Waals surface area contributed by atoms with Gasteiger partial charge in [-0.05, 0) is 23.9 Å². The van der Waals surface area contributed by atoms with Crippen LogP contribution in [0.25, 0.3) is 0 Å². The second-order valence-electron chi connectivity index (χ2n) is 6.18. The monoisotopic (exact) mass is 336 g/mol. The Kier molecular flexibility index (Phi) is 5.58. The fourth-order valence-corrected chi connectivity index (χ4v) is 3.67. The van der Waals surface area contributed by atoms with Gasteiger partial charge in [0, 0.05) is 22.7 Å². The first kappa shape index (κ1) is 17.0. The number of thiazole rings is 1. The second-order valence-corrected chi connectivity index (χ2v) is 8.13. The minimum atomic E-state index is 0.103. The second kappa shape index (κ2) is 7.24. The van der Waals surface area contributed by atoms with E-state index in [1.54, 1.807) is 29.7 Å². The highest BCUT2D eigenvalue weighted by atomic mass is 32.1. The van der Waals surface area contributed by atoms with E-state index in [1.807, 2.05) is 0 Å². The predicted octanol–water partition coefficient (Wildman–Crippen LogP) is 3.68. The van der Waals surface area contributed by atoms with Crippen molar-refractivity contribution in [2.24, 2.45) is 4.99 Å². The van der Waals surface area contributed by atoms with E-state index in [9.17, 15) is 0 Å². The molecule has 0 spiro atoms. The van der Waals surface area contributed by atoms with Gasteiger partial charge >= 0.3 is 0 Å². The van der Waals surface area contributed by atoms with Crippen LogP contribution in [-0.2, 0) is 18.5 Å². The molecule has 0 aliphatic rings. The molecule has 2 aromatic heterocycles. The summed E-state index contributed by atoms with van der Waals surface area (Å²) in [4.78, 5) is 10.3. The number of nitrogens with one attached hydrogen (secondary N) is 2. The average molecular weight is 337 g/mol. The Labute approximate surface area is 140 Å². The Balaban J connectivity index is 1.86. The van der Waals surface area contributed by atoms with Gasteiger partial charge in [0.1, 0.15) is 5.01 Å². The number of hydrogen-bond acceptors (Lipinski definition) is 4. The molecule has 0 amide bonds. The molecule has 0 saturated carbocycles. The zero-order chi connectivity index (χ0) is 16.2. The standard InChI is InChI=1S/C16H24N4S2/c1-11-6-7-21-12(11)8-18-15(17-5)19-9-14-20-13(10-22-14)16(2,3)4/h6-7,10H,8-9H2,1-5H3,(H2,17,18,19). The minimum absolute atomic E-state index is 0.103. The third-order valence-electron chi connectivity index (χ3n) is 3.34. The molecular formula is C16H24N4S2. The molecule has 120 valence electrons. The Morgan fingerprint density at radius 2 is 1.95 bits per heavy atom. The van der Waals surface area contributed by atoms with Crippen molar-refractivity contribution < 1.29 is 0 Å². The molecule has 0 aliphatic heterocycles. The maximum atomic E-state index is 4.69. The van der Waals surface area contributed by atoms with E-state index in [4.69, 9.17) is 0 Å². The van der Waals surface area contributed by atoms with Gasteiger partial charge in [0.15, 0.2) is 5.96 Å². The molecule has 0 aromatic carbocycles. The highest BCUT2D eigenvalue weighted by Gasteiger charge is 2.17. The summed E-state index contributed by atoms with van der Waals surface area (Å²) in [6.07, 6.45) is 0. The molecule has 2 aromatic rings. The van der Waals surface area contributed by atoms with Crippen molar-refractivity contribution in [3.63, 3.8) is 0 Å². The lowest BCUT2D eigenvalue weighted by molar-refractivity contribution is 0.570. The van der Waals surface area contributed by atoms with Gasteiger partial charge in [-0.1, -0.05) is 20.8 Å². The SMILES string of the molecule is CN=C(NCc1nc(C(C)(C)C)cs1)NCc1sccc1C. The van der Waals surface area contributed by atoms with Crippen molar-refractivity contribution in [3.05, 3.63) is 38.0 Å². The van der Waals surface area contributed by atoms with Crippen LogP contribution in [0.5, 0.6) is 0 Å². The van der Waals surface area contributed by atoms with Gasteiger partial charge in [-0.15, -0.1) is 22.7 Å². The molecular weight excluding hydrogens is 312 g/mol. The molecule has 2 N–H and O–H groups in total. The van der Waals surface area contributed by atoms with Crippen LogP contribution in [0.4, 0.5) is 0 Å². The minimum Gasteiger partial charge on any atom is -0.352 e. The number of aromatic nitrogens is 1. The van der Waals surface area contributed by atoms with Crippen molar-refractivity contribution in [1.82, 2.24) is 15.6 Å². The zero-order valence-corrected chi connectivity index (χ0v) is 15.5. The summed E-state index contributed by atoms with van der Waals surface area (Å²) in [6, 6.07) is 2.14. The predicted molar refractivity (Wildman–Crippen MR) is 96.9 cm³/mol. The van der Waals surface area contributed by atoms with E-state index in [1.165, 1.54) is 10.4 Å². The van der Waals surface area contributed by atoms with Crippen molar-refractivity contribution in [2.75, 3.05) is 7.05 Å². The summed E-state index contributed by atoms with van der Waals surface area (Å²) in [5.74, 6) is 0.806. The molecule has 2 heterocycles. The van der Waals surface area contributed by atoms with E-state index in [-0.39, 0.29) is 5.41 Å². The Morgan fingerprint density at radius 3 is 2.50 bits per heavy atom. The summed E-state index contributed by atoms with van der Waals surface area (Å²) in [5, 5.41) is 12.0. The van der Waals surface area contributed by atoms with Crippen molar-refractivity contribution in [1.29, 1.82) is 0 Å². The fraction of sp³-hybridized carbons (Fsp3) is 0.500. The van der Waals surface area contributed by atoms with Crippen molar-refractivity contribution >= 4 is 28.6 Å². The van der Waals surface area contributed by atoms with Crippen LogP contribution in [0.3, 0.4) is 0 Å². The number of guanidine groups is 1. The van der Waals surface area contributed by atoms with Crippen LogP contribution in [-0.4, -0.2) is 18.0 Å². The molecule has 0 atom stereocenters. The van der Waals surface area contributed by atoms with Crippen molar-refractivity contribution in [2.45, 2.75) is 46.2 Å². The van der Waals surface area contributed by atoms with Crippen LogP contribution >= 0.6 is 22.7 Å². The molecule has 6 heteroatoms. The molecule has 0 radical (unpaired) electrons. The van der Waals surface area contributed by atoms with E-state index < -0.39 is 0 Å². The largest absolute Gasteiger partial charge is 0.352 e. The Hall–Kier alpha value is -1.40. The van der Waals surface area contributed by atoms with Gasteiger partial charge in [-0.2, -0.15) is 0 Å². The summed E-state index contributed by atoms with van der Waals surface area (Å²) in [5.41, 5.74) is 2.57. The van der Waals surface area contributed by atoms with Gasteiger partial charge in [0.05, 0.1) is 18.8 Å². The molecule has 2 rings (SSSR count). The topological polar surface area (TPSA) is 49.3 Å². The Morgan fingerprint density at radius 1 is 1.23 bits per heavy atom. The van der Waals surface area contributed by atoms with Crippen LogP contribution in [0, 0.1) is 6.92 Å². The number of aliphatic imine (C=N–C) groups is 1. The summed E-state index contributed by atoms with van der Waals surface area (Å²) < 4.78 is 0. The average Bonchev–Trinajstić information content (AvgIpc) is 3.08. The third-order valence-corrected chi connectivity index (χ3v) is 5.21.